The van der Waals surface area contributed by atoms with Gasteiger partial charge in [-0.15, -0.1) is 0 Å². The third-order valence-corrected chi connectivity index (χ3v) is 8.46. The zero-order valence-corrected chi connectivity index (χ0v) is 21.0. The lowest BCUT2D eigenvalue weighted by molar-refractivity contribution is -0.132. The number of ether oxygens (including phenoxy) is 1. The lowest BCUT2D eigenvalue weighted by Crippen LogP contribution is -2.50. The molecule has 0 bridgehead atoms. The molecule has 2 aliphatic rings. The number of hydrogen-bond donors (Lipinski definition) is 1. The molecule has 2 aromatic rings. The quantitative estimate of drug-likeness (QED) is 0.636. The molecule has 1 saturated carbocycles. The number of aromatic nitrogens is 1. The molecule has 1 aliphatic heterocycles. The van der Waals surface area contributed by atoms with Crippen molar-refractivity contribution >= 4 is 15.9 Å². The van der Waals surface area contributed by atoms with Crippen LogP contribution in [0.1, 0.15) is 37.8 Å². The summed E-state index contributed by atoms with van der Waals surface area (Å²) in [6.07, 6.45) is 4.70. The van der Waals surface area contributed by atoms with Crippen LogP contribution < -0.4 is 4.74 Å². The Hall–Kier alpha value is -2.93. The monoisotopic (exact) mass is 497 g/mol. The number of nitrogens with zero attached hydrogens (tertiary/aromatic N) is 3. The summed E-state index contributed by atoms with van der Waals surface area (Å²) >= 11 is 0. The Morgan fingerprint density at radius 2 is 2.03 bits per heavy atom. The van der Waals surface area contributed by atoms with Gasteiger partial charge in [0.1, 0.15) is 16.7 Å². The highest BCUT2D eigenvalue weighted by atomic mass is 32.2. The van der Waals surface area contributed by atoms with Crippen molar-refractivity contribution < 1.29 is 23.1 Å². The largest absolute Gasteiger partial charge is 0.487 e. The molecule has 9 heteroatoms. The van der Waals surface area contributed by atoms with E-state index in [4.69, 9.17) is 4.74 Å². The SMILES string of the molecule is C[C@@H]1CN([C@@H](C)CO)S(=O)(=O)c2ccc(C#Cc3cccnc3)cc2O[C@@H]1CN(C)C(=O)C1CC1. The highest BCUT2D eigenvalue weighted by Gasteiger charge is 2.39. The van der Waals surface area contributed by atoms with Crippen LogP contribution in [-0.2, 0) is 14.8 Å². The Morgan fingerprint density at radius 3 is 2.69 bits per heavy atom. The summed E-state index contributed by atoms with van der Waals surface area (Å²) < 4.78 is 34.8. The highest BCUT2D eigenvalue weighted by Crippen LogP contribution is 2.35. The van der Waals surface area contributed by atoms with Gasteiger partial charge in [0.25, 0.3) is 0 Å². The Bertz CT molecular complexity index is 1230. The second-order valence-corrected chi connectivity index (χ2v) is 11.2. The van der Waals surface area contributed by atoms with Crippen molar-refractivity contribution in [3.8, 4) is 17.6 Å². The summed E-state index contributed by atoms with van der Waals surface area (Å²) in [6, 6.07) is 7.81. The predicted molar refractivity (Wildman–Crippen MR) is 131 cm³/mol. The number of fused-ring (bicyclic) bond motifs is 1. The maximum Gasteiger partial charge on any atom is 0.247 e. The molecule has 186 valence electrons. The standard InChI is InChI=1S/C26H31N3O5S/c1-18-15-29(19(2)17-30)35(32,33)25-11-8-20(6-7-21-5-4-12-27-14-21)13-23(25)34-24(18)16-28(3)26(31)22-9-10-22/h4-5,8,11-14,18-19,22,24,30H,9-10,15-17H2,1-3H3/t18-,19+,24-/m1/s1. The molecule has 0 radical (unpaired) electrons. The molecular weight excluding hydrogens is 466 g/mol. The number of benzene rings is 1. The fraction of sp³-hybridized carbons (Fsp3) is 0.462. The van der Waals surface area contributed by atoms with Gasteiger partial charge in [-0.05, 0) is 50.1 Å². The van der Waals surface area contributed by atoms with Gasteiger partial charge in [0.2, 0.25) is 15.9 Å². The summed E-state index contributed by atoms with van der Waals surface area (Å²) in [7, 11) is -2.17. The van der Waals surface area contributed by atoms with E-state index < -0.39 is 22.2 Å². The molecule has 2 heterocycles. The second-order valence-electron chi connectivity index (χ2n) is 9.39. The van der Waals surface area contributed by atoms with E-state index in [9.17, 15) is 18.3 Å². The van der Waals surface area contributed by atoms with Crippen molar-refractivity contribution in [3.63, 3.8) is 0 Å². The number of amides is 1. The average molecular weight is 498 g/mol. The van der Waals surface area contributed by atoms with E-state index in [1.54, 1.807) is 49.5 Å². The number of aliphatic hydroxyl groups excluding tert-OH is 1. The highest BCUT2D eigenvalue weighted by molar-refractivity contribution is 7.89. The van der Waals surface area contributed by atoms with E-state index in [1.165, 1.54) is 10.4 Å². The maximum absolute atomic E-state index is 13.6. The summed E-state index contributed by atoms with van der Waals surface area (Å²) in [5.41, 5.74) is 1.33. The van der Waals surface area contributed by atoms with Gasteiger partial charge >= 0.3 is 0 Å². The van der Waals surface area contributed by atoms with Gasteiger partial charge in [0, 0.05) is 55.0 Å². The van der Waals surface area contributed by atoms with E-state index in [1.807, 2.05) is 13.0 Å². The summed E-state index contributed by atoms with van der Waals surface area (Å²) in [4.78, 5) is 18.3. The van der Waals surface area contributed by atoms with Crippen molar-refractivity contribution in [2.24, 2.45) is 11.8 Å². The van der Waals surface area contributed by atoms with Crippen LogP contribution in [0.2, 0.25) is 0 Å². The number of sulfonamides is 1. The van der Waals surface area contributed by atoms with Crippen LogP contribution in [0, 0.1) is 23.7 Å². The van der Waals surface area contributed by atoms with Crippen molar-refractivity contribution in [1.29, 1.82) is 0 Å². The van der Waals surface area contributed by atoms with Crippen LogP contribution in [0.15, 0.2) is 47.6 Å². The third-order valence-electron chi connectivity index (χ3n) is 6.44. The normalized spacial score (nSPS) is 22.4. The number of rotatable bonds is 5. The first-order valence-electron chi connectivity index (χ1n) is 11.8. The molecule has 0 saturated heterocycles. The van der Waals surface area contributed by atoms with Gasteiger partial charge in [-0.3, -0.25) is 9.78 Å². The van der Waals surface area contributed by atoms with E-state index in [-0.39, 0.29) is 41.5 Å². The smallest absolute Gasteiger partial charge is 0.247 e. The van der Waals surface area contributed by atoms with Crippen molar-refractivity contribution in [3.05, 3.63) is 53.9 Å². The minimum absolute atomic E-state index is 0.0257. The third kappa shape index (κ3) is 5.67. The van der Waals surface area contributed by atoms with Gasteiger partial charge in [-0.1, -0.05) is 18.8 Å². The fourth-order valence-electron chi connectivity index (χ4n) is 4.10. The summed E-state index contributed by atoms with van der Waals surface area (Å²) in [6.45, 7) is 3.79. The summed E-state index contributed by atoms with van der Waals surface area (Å²) in [5, 5.41) is 9.78. The molecular formula is C26H31N3O5S. The summed E-state index contributed by atoms with van der Waals surface area (Å²) in [5.74, 6) is 6.21. The maximum atomic E-state index is 13.6. The molecule has 1 aromatic heterocycles. The minimum Gasteiger partial charge on any atom is -0.487 e. The van der Waals surface area contributed by atoms with Crippen LogP contribution in [0.5, 0.6) is 5.75 Å². The second kappa shape index (κ2) is 10.4. The molecule has 35 heavy (non-hydrogen) atoms. The lowest BCUT2D eigenvalue weighted by Gasteiger charge is -2.37. The van der Waals surface area contributed by atoms with Crippen LogP contribution in [0.3, 0.4) is 0 Å². The predicted octanol–water partition coefficient (Wildman–Crippen LogP) is 2.12. The van der Waals surface area contributed by atoms with Crippen LogP contribution in [-0.4, -0.2) is 72.5 Å². The first-order chi connectivity index (χ1) is 16.7. The molecule has 8 nitrogen and oxygen atoms in total. The van der Waals surface area contributed by atoms with Crippen molar-refractivity contribution in [2.75, 3.05) is 26.7 Å². The number of likely N-dealkylation sites (N-methyl/N-ethyl adjacent to an activating group) is 1. The molecule has 1 N–H and O–H groups in total. The van der Waals surface area contributed by atoms with E-state index in [0.29, 0.717) is 12.1 Å². The Labute approximate surface area is 207 Å². The van der Waals surface area contributed by atoms with E-state index in [0.717, 1.165) is 18.4 Å². The Kier molecular flexibility index (Phi) is 7.45. The minimum atomic E-state index is -3.93. The van der Waals surface area contributed by atoms with Crippen molar-refractivity contribution in [2.45, 2.75) is 43.7 Å². The Balaban J connectivity index is 1.72. The van der Waals surface area contributed by atoms with E-state index in [2.05, 4.69) is 16.8 Å². The van der Waals surface area contributed by atoms with Gasteiger partial charge in [-0.2, -0.15) is 4.31 Å². The number of aliphatic hydroxyl groups is 1. The topological polar surface area (TPSA) is 100 Å². The first-order valence-corrected chi connectivity index (χ1v) is 13.2. The van der Waals surface area contributed by atoms with Crippen LogP contribution >= 0.6 is 0 Å². The molecule has 0 spiro atoms. The molecule has 3 atom stereocenters. The van der Waals surface area contributed by atoms with Crippen LogP contribution in [0.25, 0.3) is 0 Å². The first kappa shape index (κ1) is 25.2. The number of hydrogen-bond acceptors (Lipinski definition) is 6. The zero-order valence-electron chi connectivity index (χ0n) is 20.2. The van der Waals surface area contributed by atoms with Gasteiger partial charge in [0.05, 0.1) is 13.2 Å². The van der Waals surface area contributed by atoms with Gasteiger partial charge in [0.15, 0.2) is 0 Å². The Morgan fingerprint density at radius 1 is 1.29 bits per heavy atom. The zero-order chi connectivity index (χ0) is 25.2. The number of carbonyl (C=O) groups is 1. The lowest BCUT2D eigenvalue weighted by atomic mass is 10.0. The molecule has 1 amide bonds. The van der Waals surface area contributed by atoms with Gasteiger partial charge < -0.3 is 14.7 Å². The average Bonchev–Trinajstić information content (AvgIpc) is 3.70. The molecule has 4 rings (SSSR count). The van der Waals surface area contributed by atoms with Gasteiger partial charge in [-0.25, -0.2) is 8.42 Å². The number of carbonyl (C=O) groups excluding carboxylic acids is 1. The van der Waals surface area contributed by atoms with E-state index >= 15 is 0 Å². The fourth-order valence-corrected chi connectivity index (χ4v) is 5.93. The number of pyridine rings is 1. The molecule has 1 aliphatic carbocycles. The van der Waals surface area contributed by atoms with Crippen LogP contribution in [0.4, 0.5) is 0 Å². The molecule has 1 aromatic carbocycles. The molecule has 0 unspecified atom stereocenters. The molecule has 1 fully saturated rings. The van der Waals surface area contributed by atoms with Crippen molar-refractivity contribution in [1.82, 2.24) is 14.2 Å².